The predicted octanol–water partition coefficient (Wildman–Crippen LogP) is 1.87. The van der Waals surface area contributed by atoms with Crippen LogP contribution in [0.2, 0.25) is 0 Å². The summed E-state index contributed by atoms with van der Waals surface area (Å²) in [6, 6.07) is 4.50. The van der Waals surface area contributed by atoms with Crippen LogP contribution in [0, 0.1) is 5.92 Å². The van der Waals surface area contributed by atoms with Gasteiger partial charge in [0, 0.05) is 25.9 Å². The number of aryl methyl sites for hydroxylation is 1. The number of allylic oxidation sites excluding steroid dienone is 1. The molecular weight excluding hydrogens is 300 g/mol. The molecular formula is C17H22O6. The van der Waals surface area contributed by atoms with E-state index in [1.54, 1.807) is 19.1 Å². The topological polar surface area (TPSA) is 96.2 Å². The van der Waals surface area contributed by atoms with Gasteiger partial charge in [-0.25, -0.2) is 0 Å². The first-order valence-corrected chi connectivity index (χ1v) is 7.52. The zero-order valence-electron chi connectivity index (χ0n) is 13.2. The largest absolute Gasteiger partial charge is 0.504 e. The number of ketones is 1. The molecule has 1 aliphatic heterocycles. The summed E-state index contributed by atoms with van der Waals surface area (Å²) in [7, 11) is 1.47. The molecule has 6 heteroatoms. The fourth-order valence-corrected chi connectivity index (χ4v) is 2.76. The third kappa shape index (κ3) is 4.10. The Balaban J connectivity index is 2.04. The molecule has 3 N–H and O–H groups in total. The number of hydrogen-bond acceptors (Lipinski definition) is 6. The second-order valence-electron chi connectivity index (χ2n) is 5.52. The van der Waals surface area contributed by atoms with Gasteiger partial charge in [-0.1, -0.05) is 12.1 Å². The molecule has 6 nitrogen and oxygen atoms in total. The molecule has 1 aliphatic rings. The molecule has 0 radical (unpaired) electrons. The summed E-state index contributed by atoms with van der Waals surface area (Å²) in [4.78, 5) is 12.5. The van der Waals surface area contributed by atoms with Crippen LogP contribution in [-0.4, -0.2) is 40.8 Å². The van der Waals surface area contributed by atoms with E-state index < -0.39 is 18.5 Å². The standard InChI is InChI=1S/C17H22O6/c1-3-11-12(9-16(22-2)23-17(11)21)13(18)6-4-10-5-7-14(19)15(20)8-10/h3,5,7-8,12,16-17,19-21H,4,6,9H2,1-2H3/b11-3-/t12-,16-,17+/m1/s1. The fourth-order valence-electron chi connectivity index (χ4n) is 2.76. The molecule has 0 unspecified atom stereocenters. The maximum Gasteiger partial charge on any atom is 0.180 e. The second-order valence-corrected chi connectivity index (χ2v) is 5.52. The Morgan fingerprint density at radius 3 is 2.74 bits per heavy atom. The number of benzene rings is 1. The minimum Gasteiger partial charge on any atom is -0.504 e. The molecule has 1 aromatic rings. The van der Waals surface area contributed by atoms with Gasteiger partial charge in [0.15, 0.2) is 24.1 Å². The van der Waals surface area contributed by atoms with E-state index in [-0.39, 0.29) is 23.7 Å². The SMILES string of the molecule is C/C=C1\[C@@H](O)O[C@@H](OC)C[C@H]1C(=O)CCc1ccc(O)c(O)c1. The Kier molecular flexibility index (Phi) is 5.76. The van der Waals surface area contributed by atoms with E-state index in [1.165, 1.54) is 19.2 Å². The summed E-state index contributed by atoms with van der Waals surface area (Å²) in [6.07, 6.45) is 1.02. The van der Waals surface area contributed by atoms with Crippen molar-refractivity contribution in [3.63, 3.8) is 0 Å². The molecule has 2 rings (SSSR count). The smallest absolute Gasteiger partial charge is 0.180 e. The summed E-state index contributed by atoms with van der Waals surface area (Å²) in [5.41, 5.74) is 1.31. The second kappa shape index (κ2) is 7.59. The number of rotatable bonds is 5. The van der Waals surface area contributed by atoms with E-state index in [0.717, 1.165) is 5.56 Å². The average molecular weight is 322 g/mol. The summed E-state index contributed by atoms with van der Waals surface area (Å²) in [5, 5.41) is 28.7. The highest BCUT2D eigenvalue weighted by molar-refractivity contribution is 5.84. The van der Waals surface area contributed by atoms with Crippen molar-refractivity contribution < 1.29 is 29.6 Å². The Labute approximate surface area is 135 Å². The minimum atomic E-state index is -1.13. The third-order valence-electron chi connectivity index (χ3n) is 4.08. The van der Waals surface area contributed by atoms with Gasteiger partial charge in [0.2, 0.25) is 0 Å². The number of aliphatic hydroxyl groups is 1. The minimum absolute atomic E-state index is 0.0185. The number of aliphatic hydroxyl groups excluding tert-OH is 1. The van der Waals surface area contributed by atoms with Crippen molar-refractivity contribution in [3.8, 4) is 11.5 Å². The van der Waals surface area contributed by atoms with E-state index in [0.29, 0.717) is 18.4 Å². The number of aromatic hydroxyl groups is 2. The van der Waals surface area contributed by atoms with Crippen LogP contribution in [-0.2, 0) is 20.7 Å². The van der Waals surface area contributed by atoms with Crippen molar-refractivity contribution in [2.75, 3.05) is 7.11 Å². The lowest BCUT2D eigenvalue weighted by molar-refractivity contribution is -0.229. The molecule has 0 aliphatic carbocycles. The third-order valence-corrected chi connectivity index (χ3v) is 4.08. The van der Waals surface area contributed by atoms with Crippen molar-refractivity contribution in [1.29, 1.82) is 0 Å². The van der Waals surface area contributed by atoms with Crippen molar-refractivity contribution in [3.05, 3.63) is 35.4 Å². The van der Waals surface area contributed by atoms with E-state index in [2.05, 4.69) is 0 Å². The molecule has 1 aromatic carbocycles. The molecule has 23 heavy (non-hydrogen) atoms. The van der Waals surface area contributed by atoms with E-state index in [1.807, 2.05) is 0 Å². The van der Waals surface area contributed by atoms with E-state index in [9.17, 15) is 20.1 Å². The zero-order valence-corrected chi connectivity index (χ0v) is 13.2. The van der Waals surface area contributed by atoms with Crippen LogP contribution in [0.4, 0.5) is 0 Å². The number of methoxy groups -OCH3 is 1. The number of ether oxygens (including phenoxy) is 2. The van der Waals surface area contributed by atoms with Gasteiger partial charge in [0.05, 0.1) is 0 Å². The summed E-state index contributed by atoms with van der Waals surface area (Å²) >= 11 is 0. The molecule has 0 spiro atoms. The number of Topliss-reactive ketones (excluding diaryl/α,β-unsaturated/α-hetero) is 1. The van der Waals surface area contributed by atoms with Gasteiger partial charge in [0.1, 0.15) is 5.78 Å². The quantitative estimate of drug-likeness (QED) is 0.566. The van der Waals surface area contributed by atoms with Crippen LogP contribution in [0.3, 0.4) is 0 Å². The Bertz CT molecular complexity index is 595. The molecule has 0 amide bonds. The molecule has 0 saturated carbocycles. The van der Waals surface area contributed by atoms with Crippen molar-refractivity contribution in [2.24, 2.45) is 5.92 Å². The Morgan fingerprint density at radius 2 is 2.13 bits per heavy atom. The van der Waals surface area contributed by atoms with Gasteiger partial charge >= 0.3 is 0 Å². The van der Waals surface area contributed by atoms with Gasteiger partial charge in [-0.3, -0.25) is 4.79 Å². The monoisotopic (exact) mass is 322 g/mol. The van der Waals surface area contributed by atoms with Crippen LogP contribution in [0.1, 0.15) is 25.3 Å². The van der Waals surface area contributed by atoms with Crippen LogP contribution in [0.15, 0.2) is 29.8 Å². The van der Waals surface area contributed by atoms with Gasteiger partial charge in [0.25, 0.3) is 0 Å². The highest BCUT2D eigenvalue weighted by Crippen LogP contribution is 2.32. The lowest BCUT2D eigenvalue weighted by Crippen LogP contribution is -2.39. The van der Waals surface area contributed by atoms with Gasteiger partial charge < -0.3 is 24.8 Å². The van der Waals surface area contributed by atoms with Crippen LogP contribution in [0.25, 0.3) is 0 Å². The van der Waals surface area contributed by atoms with Crippen molar-refractivity contribution in [2.45, 2.75) is 38.8 Å². The lowest BCUT2D eigenvalue weighted by Gasteiger charge is -2.33. The van der Waals surface area contributed by atoms with Gasteiger partial charge in [-0.05, 0) is 36.6 Å². The van der Waals surface area contributed by atoms with Crippen molar-refractivity contribution in [1.82, 2.24) is 0 Å². The highest BCUT2D eigenvalue weighted by Gasteiger charge is 2.36. The van der Waals surface area contributed by atoms with E-state index >= 15 is 0 Å². The molecule has 1 fully saturated rings. The summed E-state index contributed by atoms with van der Waals surface area (Å²) < 4.78 is 10.4. The number of hydrogen-bond donors (Lipinski definition) is 3. The molecule has 0 bridgehead atoms. The zero-order chi connectivity index (χ0) is 17.0. The number of carbonyl (C=O) groups is 1. The molecule has 1 saturated heterocycles. The van der Waals surface area contributed by atoms with Crippen LogP contribution < -0.4 is 0 Å². The molecule has 126 valence electrons. The first-order chi connectivity index (χ1) is 11.0. The number of phenolic OH excluding ortho intramolecular Hbond substituents is 2. The van der Waals surface area contributed by atoms with Gasteiger partial charge in [-0.15, -0.1) is 0 Å². The summed E-state index contributed by atoms with van der Waals surface area (Å²) in [5.74, 6) is -0.855. The fraction of sp³-hybridized carbons (Fsp3) is 0.471. The maximum atomic E-state index is 12.5. The van der Waals surface area contributed by atoms with Crippen molar-refractivity contribution >= 4 is 5.78 Å². The average Bonchev–Trinajstić information content (AvgIpc) is 2.54. The maximum absolute atomic E-state index is 12.5. The van der Waals surface area contributed by atoms with E-state index in [4.69, 9.17) is 9.47 Å². The first-order valence-electron chi connectivity index (χ1n) is 7.52. The Hall–Kier alpha value is -1.89. The molecule has 0 aromatic heterocycles. The van der Waals surface area contributed by atoms with Crippen LogP contribution in [0.5, 0.6) is 11.5 Å². The first kappa shape index (κ1) is 17.5. The highest BCUT2D eigenvalue weighted by atomic mass is 16.7. The van der Waals surface area contributed by atoms with Gasteiger partial charge in [-0.2, -0.15) is 0 Å². The molecule has 1 heterocycles. The van der Waals surface area contributed by atoms with Crippen LogP contribution >= 0.6 is 0 Å². The lowest BCUT2D eigenvalue weighted by atomic mass is 9.86. The number of carbonyl (C=O) groups excluding carboxylic acids is 1. The normalized spacial score (nSPS) is 26.4. The predicted molar refractivity (Wildman–Crippen MR) is 82.9 cm³/mol. The Morgan fingerprint density at radius 1 is 1.39 bits per heavy atom. The summed E-state index contributed by atoms with van der Waals surface area (Å²) in [6.45, 7) is 1.76. The molecule has 3 atom stereocenters. The number of phenols is 2.